The molecule has 49 heavy (non-hydrogen) atoms. The molecule has 1 aliphatic rings. The van der Waals surface area contributed by atoms with E-state index in [0.29, 0.717) is 11.7 Å². The molecule has 1 atom stereocenters. The number of fused-ring (bicyclic) bond motifs is 4. The van der Waals surface area contributed by atoms with Crippen LogP contribution in [0.2, 0.25) is 0 Å². The van der Waals surface area contributed by atoms with E-state index < -0.39 is 6.17 Å². The molecule has 0 bridgehead atoms. The van der Waals surface area contributed by atoms with Gasteiger partial charge in [0.1, 0.15) is 0 Å². The first-order valence-corrected chi connectivity index (χ1v) is 17.0. The van der Waals surface area contributed by atoms with Crippen molar-refractivity contribution >= 4 is 54.2 Å². The molecule has 0 saturated carbocycles. The van der Waals surface area contributed by atoms with E-state index in [1.807, 2.05) is 54.8 Å². The van der Waals surface area contributed by atoms with Crippen molar-refractivity contribution in [2.45, 2.75) is 6.17 Å². The van der Waals surface area contributed by atoms with Crippen LogP contribution >= 0.6 is 11.3 Å². The first-order valence-electron chi connectivity index (χ1n) is 16.2. The Morgan fingerprint density at radius 3 is 2.04 bits per heavy atom. The number of imidazole rings is 1. The lowest BCUT2D eigenvalue weighted by Gasteiger charge is -2.32. The predicted molar refractivity (Wildman–Crippen MR) is 204 cm³/mol. The molecule has 0 spiro atoms. The second kappa shape index (κ2) is 11.6. The summed E-state index contributed by atoms with van der Waals surface area (Å²) in [7, 11) is 3.61. The molecule has 6 aromatic carbocycles. The summed E-state index contributed by atoms with van der Waals surface area (Å²) in [6.07, 6.45) is -0.431. The van der Waals surface area contributed by atoms with E-state index in [2.05, 4.69) is 103 Å². The third-order valence-corrected chi connectivity index (χ3v) is 10.5. The summed E-state index contributed by atoms with van der Waals surface area (Å²) in [5.41, 5.74) is 8.90. The highest BCUT2D eigenvalue weighted by Crippen LogP contribution is 2.37. The number of benzene rings is 6. The molecule has 236 valence electrons. The number of hydrogen-bond donors (Lipinski definition) is 0. The Hall–Kier alpha value is -6.05. The van der Waals surface area contributed by atoms with Crippen molar-refractivity contribution in [1.82, 2.24) is 9.13 Å². The Bertz CT molecular complexity index is 2700. The zero-order chi connectivity index (χ0) is 33.1. The molecule has 0 fully saturated rings. The van der Waals surface area contributed by atoms with Crippen LogP contribution in [0.15, 0.2) is 154 Å². The van der Waals surface area contributed by atoms with E-state index in [-0.39, 0.29) is 5.69 Å². The summed E-state index contributed by atoms with van der Waals surface area (Å²) in [6, 6.07) is 48.4. The highest BCUT2D eigenvalue weighted by Gasteiger charge is 2.16. The van der Waals surface area contributed by atoms with E-state index in [1.54, 1.807) is 16.2 Å². The maximum atomic E-state index is 12.6. The molecule has 7 heteroatoms. The van der Waals surface area contributed by atoms with Crippen LogP contribution in [0.25, 0.3) is 58.8 Å². The molecule has 0 aliphatic carbocycles. The van der Waals surface area contributed by atoms with Crippen LogP contribution in [-0.4, -0.2) is 20.8 Å². The van der Waals surface area contributed by atoms with E-state index in [4.69, 9.17) is 15.3 Å². The van der Waals surface area contributed by atoms with Crippen LogP contribution in [0, 0.1) is 0 Å². The molecule has 0 radical (unpaired) electrons. The monoisotopic (exact) mass is 652 g/mol. The van der Waals surface area contributed by atoms with E-state index in [9.17, 15) is 4.79 Å². The minimum Gasteiger partial charge on any atom is -0.438 e. The first-order chi connectivity index (χ1) is 24.0. The van der Waals surface area contributed by atoms with Gasteiger partial charge in [-0.05, 0) is 81.4 Å². The number of rotatable bonds is 5. The second-order valence-corrected chi connectivity index (χ2v) is 13.5. The minimum atomic E-state index is -0.431. The fourth-order valence-electron chi connectivity index (χ4n) is 6.74. The van der Waals surface area contributed by atoms with E-state index in [1.165, 1.54) is 20.2 Å². The molecular formula is C42H30N5OS-. The Balaban J connectivity index is 1.12. The lowest BCUT2D eigenvalue weighted by molar-refractivity contribution is 0.795. The number of thiophene rings is 1. The van der Waals surface area contributed by atoms with Gasteiger partial charge < -0.3 is 10.3 Å². The SMILES string of the molecule is Cn1c(=O)n(C)c2cc(-c3cccc(C4=NC(c5cccc(-c6ccc7sc8ccccc8c7c6)c5)=NC(c5ccccc5)[N-]4)c3)ccc21. The smallest absolute Gasteiger partial charge is 0.328 e. The average Bonchev–Trinajstić information content (AvgIpc) is 3.64. The highest BCUT2D eigenvalue weighted by molar-refractivity contribution is 7.25. The summed E-state index contributed by atoms with van der Waals surface area (Å²) < 4.78 is 5.94. The van der Waals surface area contributed by atoms with Gasteiger partial charge in [-0.15, -0.1) is 11.3 Å². The molecule has 2 aromatic heterocycles. The summed E-state index contributed by atoms with van der Waals surface area (Å²) in [6.45, 7) is 0. The highest BCUT2D eigenvalue weighted by atomic mass is 32.1. The van der Waals surface area contributed by atoms with Gasteiger partial charge in [0.2, 0.25) is 0 Å². The number of aromatic nitrogens is 2. The van der Waals surface area contributed by atoms with Gasteiger partial charge in [-0.1, -0.05) is 103 Å². The summed E-state index contributed by atoms with van der Waals surface area (Å²) in [4.78, 5) is 22.7. The number of hydrogen-bond acceptors (Lipinski definition) is 4. The van der Waals surface area contributed by atoms with Gasteiger partial charge in [-0.25, -0.2) is 4.79 Å². The Labute approximate surface area is 287 Å². The molecule has 8 aromatic rings. The molecule has 0 saturated heterocycles. The lowest BCUT2D eigenvalue weighted by Crippen LogP contribution is -2.19. The van der Waals surface area contributed by atoms with E-state index in [0.717, 1.165) is 50.0 Å². The average molecular weight is 653 g/mol. The molecule has 9 rings (SSSR count). The summed E-state index contributed by atoms with van der Waals surface area (Å²) in [5, 5.41) is 7.62. The fourth-order valence-corrected chi connectivity index (χ4v) is 7.83. The maximum absolute atomic E-state index is 12.6. The molecule has 1 aliphatic heterocycles. The van der Waals surface area contributed by atoms with Crippen molar-refractivity contribution in [3.63, 3.8) is 0 Å². The van der Waals surface area contributed by atoms with Gasteiger partial charge in [0, 0.05) is 34.3 Å². The zero-order valence-electron chi connectivity index (χ0n) is 26.9. The normalized spacial score (nSPS) is 14.6. The quantitative estimate of drug-likeness (QED) is 0.183. The zero-order valence-corrected chi connectivity index (χ0v) is 27.7. The van der Waals surface area contributed by atoms with Crippen molar-refractivity contribution in [1.29, 1.82) is 0 Å². The van der Waals surface area contributed by atoms with Crippen LogP contribution in [0.3, 0.4) is 0 Å². The molecule has 3 heterocycles. The summed E-state index contributed by atoms with van der Waals surface area (Å²) in [5.74, 6) is 1.28. The van der Waals surface area contributed by atoms with Gasteiger partial charge in [0.15, 0.2) is 0 Å². The van der Waals surface area contributed by atoms with Crippen LogP contribution < -0.4 is 5.69 Å². The van der Waals surface area contributed by atoms with Gasteiger partial charge in [-0.3, -0.25) is 14.1 Å². The Morgan fingerprint density at radius 2 is 1.20 bits per heavy atom. The van der Waals surface area contributed by atoms with Crippen LogP contribution in [0.5, 0.6) is 0 Å². The number of aryl methyl sites for hydroxylation is 2. The topological polar surface area (TPSA) is 65.8 Å². The first kappa shape index (κ1) is 29.1. The number of nitrogens with zero attached hydrogens (tertiary/aromatic N) is 5. The molecule has 0 N–H and O–H groups in total. The summed E-state index contributed by atoms with van der Waals surface area (Å²) >= 11 is 1.83. The van der Waals surface area contributed by atoms with Crippen LogP contribution in [0.1, 0.15) is 22.9 Å². The van der Waals surface area contributed by atoms with Crippen molar-refractivity contribution in [2.75, 3.05) is 0 Å². The predicted octanol–water partition coefficient (Wildman–Crippen LogP) is 9.86. The third-order valence-electron chi connectivity index (χ3n) is 9.36. The molecule has 1 unspecified atom stereocenters. The Kier molecular flexibility index (Phi) is 6.88. The van der Waals surface area contributed by atoms with E-state index >= 15 is 0 Å². The number of aliphatic imine (C=N–C) groups is 2. The fraction of sp³-hybridized carbons (Fsp3) is 0.0714. The van der Waals surface area contributed by atoms with Crippen molar-refractivity contribution < 1.29 is 0 Å². The van der Waals surface area contributed by atoms with Gasteiger partial charge in [0.05, 0.1) is 23.0 Å². The van der Waals surface area contributed by atoms with Gasteiger partial charge in [-0.2, -0.15) is 0 Å². The molecular weight excluding hydrogens is 623 g/mol. The van der Waals surface area contributed by atoms with Gasteiger partial charge >= 0.3 is 5.69 Å². The van der Waals surface area contributed by atoms with Crippen molar-refractivity contribution in [2.24, 2.45) is 24.1 Å². The second-order valence-electron chi connectivity index (χ2n) is 12.4. The molecule has 0 amide bonds. The Morgan fingerprint density at radius 1 is 0.571 bits per heavy atom. The van der Waals surface area contributed by atoms with Gasteiger partial charge in [0.25, 0.3) is 0 Å². The van der Waals surface area contributed by atoms with Crippen LogP contribution in [-0.2, 0) is 14.1 Å². The third kappa shape index (κ3) is 5.07. The minimum absolute atomic E-state index is 0.0420. The van der Waals surface area contributed by atoms with Crippen LogP contribution in [0.4, 0.5) is 0 Å². The maximum Gasteiger partial charge on any atom is 0.328 e. The lowest BCUT2D eigenvalue weighted by atomic mass is 10.00. The number of amidine groups is 2. The standard InChI is InChI=1S/C42H30N5OS/c1-46-35-20-18-30(25-36(35)47(2)42(46)48)28-13-9-15-32(23-28)41-44-39(26-10-4-3-5-11-26)43-40(45-41)31-14-8-12-27(22-31)29-19-21-38-34(24-29)33-16-6-7-17-37(33)49-38/h3-25,39H,1-2H3/q-1. The van der Waals surface area contributed by atoms with Crippen molar-refractivity contribution in [3.8, 4) is 22.3 Å². The van der Waals surface area contributed by atoms with Crippen molar-refractivity contribution in [3.05, 3.63) is 172 Å². The molecule has 6 nitrogen and oxygen atoms in total. The largest absolute Gasteiger partial charge is 0.438 e.